The Morgan fingerprint density at radius 2 is 1.89 bits per heavy atom. The first-order chi connectivity index (χ1) is 8.36. The smallest absolute Gasteiger partial charge is 0.397 e. The maximum Gasteiger partial charge on any atom is 0.397 e. The van der Waals surface area contributed by atoms with Gasteiger partial charge in [0.15, 0.2) is 0 Å². The summed E-state index contributed by atoms with van der Waals surface area (Å²) in [6, 6.07) is 0. The van der Waals surface area contributed by atoms with Crippen LogP contribution in [0.1, 0.15) is 47.0 Å². The van der Waals surface area contributed by atoms with E-state index in [1.807, 2.05) is 0 Å². The number of carbonyl (C=O) groups excluding carboxylic acids is 2. The van der Waals surface area contributed by atoms with Crippen molar-refractivity contribution in [1.29, 1.82) is 0 Å². The summed E-state index contributed by atoms with van der Waals surface area (Å²) in [5.41, 5.74) is 0.267. The van der Waals surface area contributed by atoms with E-state index in [4.69, 9.17) is 4.74 Å². The van der Waals surface area contributed by atoms with Crippen molar-refractivity contribution in [3.63, 3.8) is 0 Å². The van der Waals surface area contributed by atoms with Gasteiger partial charge in [-0.15, -0.1) is 0 Å². The minimum absolute atomic E-state index is 0.253. The third-order valence-electron chi connectivity index (χ3n) is 3.69. The van der Waals surface area contributed by atoms with Crippen LogP contribution in [0.25, 0.3) is 0 Å². The Morgan fingerprint density at radius 1 is 1.22 bits per heavy atom. The number of likely N-dealkylation sites (tertiary alicyclic amines) is 1. The van der Waals surface area contributed by atoms with Crippen LogP contribution in [0.15, 0.2) is 0 Å². The van der Waals surface area contributed by atoms with Crippen molar-refractivity contribution in [2.24, 2.45) is 11.3 Å². The zero-order chi connectivity index (χ0) is 13.8. The van der Waals surface area contributed by atoms with Gasteiger partial charge in [0.1, 0.15) is 0 Å². The molecule has 0 N–H and O–H groups in total. The lowest BCUT2D eigenvalue weighted by Gasteiger charge is -2.29. The molecule has 0 radical (unpaired) electrons. The maximum absolute atomic E-state index is 11.8. The zero-order valence-corrected chi connectivity index (χ0v) is 12.0. The molecule has 1 atom stereocenters. The first kappa shape index (κ1) is 15.0. The van der Waals surface area contributed by atoms with Crippen LogP contribution >= 0.6 is 0 Å². The predicted molar refractivity (Wildman–Crippen MR) is 70.0 cm³/mol. The fourth-order valence-corrected chi connectivity index (χ4v) is 2.49. The van der Waals surface area contributed by atoms with Crippen molar-refractivity contribution in [2.75, 3.05) is 19.7 Å². The quantitative estimate of drug-likeness (QED) is 0.533. The average Bonchev–Trinajstić information content (AvgIpc) is 2.53. The molecular weight excluding hydrogens is 230 g/mol. The van der Waals surface area contributed by atoms with Crippen molar-refractivity contribution in [3.05, 3.63) is 0 Å². The lowest BCUT2D eigenvalue weighted by atomic mass is 9.77. The molecule has 1 amide bonds. The average molecular weight is 255 g/mol. The molecule has 18 heavy (non-hydrogen) atoms. The number of amides is 1. The van der Waals surface area contributed by atoms with E-state index in [0.29, 0.717) is 19.0 Å². The molecule has 4 heteroatoms. The molecule has 1 aliphatic heterocycles. The van der Waals surface area contributed by atoms with E-state index in [9.17, 15) is 9.59 Å². The van der Waals surface area contributed by atoms with E-state index in [1.165, 1.54) is 0 Å². The second-order valence-electron chi connectivity index (χ2n) is 6.01. The highest BCUT2D eigenvalue weighted by Crippen LogP contribution is 2.34. The first-order valence-corrected chi connectivity index (χ1v) is 6.82. The number of carbonyl (C=O) groups is 2. The van der Waals surface area contributed by atoms with Crippen LogP contribution in [0.5, 0.6) is 0 Å². The molecule has 0 saturated carbocycles. The summed E-state index contributed by atoms with van der Waals surface area (Å²) in [7, 11) is 0. The molecule has 1 unspecified atom stereocenters. The van der Waals surface area contributed by atoms with Gasteiger partial charge in [0, 0.05) is 13.1 Å². The Hall–Kier alpha value is -1.06. The summed E-state index contributed by atoms with van der Waals surface area (Å²) in [5, 5.41) is 0. The van der Waals surface area contributed by atoms with Crippen LogP contribution in [0, 0.1) is 11.3 Å². The van der Waals surface area contributed by atoms with Crippen LogP contribution in [-0.4, -0.2) is 36.5 Å². The molecule has 1 heterocycles. The topological polar surface area (TPSA) is 46.6 Å². The summed E-state index contributed by atoms with van der Waals surface area (Å²) < 4.78 is 4.76. The lowest BCUT2D eigenvalue weighted by Crippen LogP contribution is -2.38. The Morgan fingerprint density at radius 3 is 2.44 bits per heavy atom. The highest BCUT2D eigenvalue weighted by Gasteiger charge is 2.30. The summed E-state index contributed by atoms with van der Waals surface area (Å²) in [5.74, 6) is -0.587. The van der Waals surface area contributed by atoms with Gasteiger partial charge < -0.3 is 9.64 Å². The first-order valence-electron chi connectivity index (χ1n) is 6.82. The molecule has 0 aromatic rings. The monoisotopic (exact) mass is 255 g/mol. The van der Waals surface area contributed by atoms with Gasteiger partial charge >= 0.3 is 11.9 Å². The second-order valence-corrected chi connectivity index (χ2v) is 6.01. The van der Waals surface area contributed by atoms with Gasteiger partial charge in [-0.3, -0.25) is 4.79 Å². The normalized spacial score (nSPS) is 21.3. The standard InChI is InChI=1S/C14H25NO3/c1-5-18-13(17)12(16)15-9-6-7-11(8-10-15)14(2,3)4/h11H,5-10H2,1-4H3. The number of rotatable bonds is 1. The van der Waals surface area contributed by atoms with Crippen molar-refractivity contribution >= 4 is 11.9 Å². The van der Waals surface area contributed by atoms with Crippen LogP contribution in [0.2, 0.25) is 0 Å². The Labute approximate surface area is 110 Å². The van der Waals surface area contributed by atoms with E-state index in [0.717, 1.165) is 19.3 Å². The van der Waals surface area contributed by atoms with Gasteiger partial charge in [0.25, 0.3) is 0 Å². The second kappa shape index (κ2) is 6.21. The molecule has 0 aliphatic carbocycles. The van der Waals surface area contributed by atoms with E-state index in [1.54, 1.807) is 11.8 Å². The molecule has 1 rings (SSSR count). The third-order valence-corrected chi connectivity index (χ3v) is 3.69. The van der Waals surface area contributed by atoms with Gasteiger partial charge in [-0.2, -0.15) is 0 Å². The van der Waals surface area contributed by atoms with E-state index in [2.05, 4.69) is 20.8 Å². The number of hydrogen-bond acceptors (Lipinski definition) is 3. The Kier molecular flexibility index (Phi) is 5.17. The number of nitrogens with zero attached hydrogens (tertiary/aromatic N) is 1. The zero-order valence-electron chi connectivity index (χ0n) is 12.0. The van der Waals surface area contributed by atoms with Crippen molar-refractivity contribution in [1.82, 2.24) is 4.90 Å². The molecule has 0 spiro atoms. The van der Waals surface area contributed by atoms with Gasteiger partial charge in [0.2, 0.25) is 0 Å². The van der Waals surface area contributed by atoms with Crippen LogP contribution in [0.4, 0.5) is 0 Å². The van der Waals surface area contributed by atoms with Crippen molar-refractivity contribution < 1.29 is 14.3 Å². The SMILES string of the molecule is CCOC(=O)C(=O)N1CCCC(C(C)(C)C)CC1. The van der Waals surface area contributed by atoms with E-state index in [-0.39, 0.29) is 12.0 Å². The fourth-order valence-electron chi connectivity index (χ4n) is 2.49. The minimum atomic E-state index is -0.716. The number of ether oxygens (including phenoxy) is 1. The maximum atomic E-state index is 11.8. The van der Waals surface area contributed by atoms with Crippen molar-refractivity contribution in [3.8, 4) is 0 Å². The molecule has 0 aromatic carbocycles. The molecule has 4 nitrogen and oxygen atoms in total. The van der Waals surface area contributed by atoms with Crippen LogP contribution in [0.3, 0.4) is 0 Å². The lowest BCUT2D eigenvalue weighted by molar-refractivity contribution is -0.159. The fraction of sp³-hybridized carbons (Fsp3) is 0.857. The highest BCUT2D eigenvalue weighted by atomic mass is 16.5. The molecule has 0 bridgehead atoms. The van der Waals surface area contributed by atoms with Gasteiger partial charge in [-0.1, -0.05) is 20.8 Å². The van der Waals surface area contributed by atoms with Crippen LogP contribution in [-0.2, 0) is 14.3 Å². The molecule has 1 fully saturated rings. The van der Waals surface area contributed by atoms with Crippen LogP contribution < -0.4 is 0 Å². The molecule has 1 saturated heterocycles. The number of esters is 1. The third kappa shape index (κ3) is 4.00. The summed E-state index contributed by atoms with van der Waals surface area (Å²) in [6.45, 7) is 10.0. The van der Waals surface area contributed by atoms with Gasteiger partial charge in [-0.25, -0.2) is 4.79 Å². The van der Waals surface area contributed by atoms with Crippen molar-refractivity contribution in [2.45, 2.75) is 47.0 Å². The van der Waals surface area contributed by atoms with E-state index < -0.39 is 11.9 Å². The Bertz CT molecular complexity index is 307. The minimum Gasteiger partial charge on any atom is -0.459 e. The highest BCUT2D eigenvalue weighted by molar-refractivity contribution is 6.32. The molecule has 104 valence electrons. The Balaban J connectivity index is 2.57. The predicted octanol–water partition coefficient (Wildman–Crippen LogP) is 2.22. The van der Waals surface area contributed by atoms with Gasteiger partial charge in [-0.05, 0) is 37.5 Å². The summed E-state index contributed by atoms with van der Waals surface area (Å²) in [4.78, 5) is 24.9. The number of hydrogen-bond donors (Lipinski definition) is 0. The summed E-state index contributed by atoms with van der Waals surface area (Å²) >= 11 is 0. The van der Waals surface area contributed by atoms with Gasteiger partial charge in [0.05, 0.1) is 6.61 Å². The molecule has 1 aliphatic rings. The largest absolute Gasteiger partial charge is 0.459 e. The summed E-state index contributed by atoms with van der Waals surface area (Å²) in [6.07, 6.45) is 3.05. The molecular formula is C14H25NO3. The molecule has 0 aromatic heterocycles. The van der Waals surface area contributed by atoms with E-state index >= 15 is 0 Å².